The van der Waals surface area contributed by atoms with E-state index in [-0.39, 0.29) is 12.1 Å². The highest BCUT2D eigenvalue weighted by Gasteiger charge is 2.22. The van der Waals surface area contributed by atoms with Crippen LogP contribution in [0.5, 0.6) is 0 Å². The van der Waals surface area contributed by atoms with Gasteiger partial charge in [0.25, 0.3) is 0 Å². The lowest BCUT2D eigenvalue weighted by Crippen LogP contribution is -2.46. The smallest absolute Gasteiger partial charge is 0.0696 e. The fraction of sp³-hybridized carbons (Fsp3) is 0.500. The van der Waals surface area contributed by atoms with E-state index >= 15 is 0 Å². The predicted octanol–water partition coefficient (Wildman–Crippen LogP) is 2.10. The van der Waals surface area contributed by atoms with Gasteiger partial charge in [0.1, 0.15) is 0 Å². The van der Waals surface area contributed by atoms with Gasteiger partial charge in [-0.15, -0.1) is 0 Å². The third-order valence-electron chi connectivity index (χ3n) is 2.89. The molecule has 1 aromatic rings. The monoisotopic (exact) mass is 269 g/mol. The summed E-state index contributed by atoms with van der Waals surface area (Å²) in [7, 11) is 0. The van der Waals surface area contributed by atoms with Crippen LogP contribution in [0.4, 0.5) is 0 Å². The number of piperidine rings is 1. The number of hydrogen-bond donors (Lipinski definition) is 2. The van der Waals surface area contributed by atoms with Crippen LogP contribution in [0.2, 0.25) is 0 Å². The fourth-order valence-electron chi connectivity index (χ4n) is 2.06. The number of nitrogens with one attached hydrogen (secondary N) is 1. The molecule has 2 nitrogen and oxygen atoms in total. The highest BCUT2D eigenvalue weighted by molar-refractivity contribution is 9.10. The molecule has 82 valence electrons. The van der Waals surface area contributed by atoms with Crippen molar-refractivity contribution in [1.82, 2.24) is 5.32 Å². The zero-order valence-corrected chi connectivity index (χ0v) is 10.2. The van der Waals surface area contributed by atoms with Crippen LogP contribution in [0.25, 0.3) is 0 Å². The molecule has 2 rings (SSSR count). The standard InChI is InChI=1S/C12H16BrNO/c13-10-4-1-3-9(7-10)8-11-12(15)5-2-6-14-11/h1,3-4,7,11-12,14-15H,2,5-6,8H2. The van der Waals surface area contributed by atoms with E-state index in [0.717, 1.165) is 30.3 Å². The Kier molecular flexibility index (Phi) is 3.78. The van der Waals surface area contributed by atoms with Crippen molar-refractivity contribution in [2.75, 3.05) is 6.54 Å². The summed E-state index contributed by atoms with van der Waals surface area (Å²) in [5.74, 6) is 0. The minimum atomic E-state index is -0.197. The molecule has 1 fully saturated rings. The zero-order valence-electron chi connectivity index (χ0n) is 8.62. The topological polar surface area (TPSA) is 32.3 Å². The summed E-state index contributed by atoms with van der Waals surface area (Å²) in [6.07, 6.45) is 2.71. The van der Waals surface area contributed by atoms with Crippen LogP contribution in [0.3, 0.4) is 0 Å². The molecular formula is C12H16BrNO. The largest absolute Gasteiger partial charge is 0.391 e. The first-order chi connectivity index (χ1) is 7.25. The van der Waals surface area contributed by atoms with Crippen molar-refractivity contribution < 1.29 is 5.11 Å². The predicted molar refractivity (Wildman–Crippen MR) is 64.9 cm³/mol. The molecular weight excluding hydrogens is 254 g/mol. The summed E-state index contributed by atoms with van der Waals surface area (Å²) in [5, 5.41) is 13.2. The van der Waals surface area contributed by atoms with Gasteiger partial charge in [0.2, 0.25) is 0 Å². The highest BCUT2D eigenvalue weighted by Crippen LogP contribution is 2.17. The van der Waals surface area contributed by atoms with Gasteiger partial charge in [-0.3, -0.25) is 0 Å². The molecule has 1 aliphatic heterocycles. The summed E-state index contributed by atoms with van der Waals surface area (Å²) in [6.45, 7) is 1.02. The molecule has 0 aromatic heterocycles. The van der Waals surface area contributed by atoms with Gasteiger partial charge in [-0.05, 0) is 43.5 Å². The molecule has 3 heteroatoms. The van der Waals surface area contributed by atoms with Crippen molar-refractivity contribution in [3.8, 4) is 0 Å². The number of aliphatic hydroxyl groups is 1. The van der Waals surface area contributed by atoms with Crippen LogP contribution < -0.4 is 5.32 Å². The number of rotatable bonds is 2. The molecule has 0 aliphatic carbocycles. The first-order valence-corrected chi connectivity index (χ1v) is 6.21. The van der Waals surface area contributed by atoms with Crippen molar-refractivity contribution in [2.24, 2.45) is 0 Å². The third kappa shape index (κ3) is 3.03. The normalized spacial score (nSPS) is 26.5. The highest BCUT2D eigenvalue weighted by atomic mass is 79.9. The summed E-state index contributed by atoms with van der Waals surface area (Å²) >= 11 is 3.46. The second-order valence-electron chi connectivity index (χ2n) is 4.10. The van der Waals surface area contributed by atoms with Crippen LogP contribution in [0.1, 0.15) is 18.4 Å². The molecule has 2 atom stereocenters. The average molecular weight is 270 g/mol. The maximum atomic E-state index is 9.83. The van der Waals surface area contributed by atoms with Gasteiger partial charge in [-0.1, -0.05) is 28.1 Å². The number of benzene rings is 1. The van der Waals surface area contributed by atoms with Crippen LogP contribution in [0.15, 0.2) is 28.7 Å². The summed E-state index contributed by atoms with van der Waals surface area (Å²) in [6, 6.07) is 8.49. The Hall–Kier alpha value is -0.380. The number of hydrogen-bond acceptors (Lipinski definition) is 2. The van der Waals surface area contributed by atoms with E-state index < -0.39 is 0 Å². The molecule has 0 radical (unpaired) electrons. The van der Waals surface area contributed by atoms with Crippen molar-refractivity contribution in [1.29, 1.82) is 0 Å². The first-order valence-electron chi connectivity index (χ1n) is 5.41. The average Bonchev–Trinajstić information content (AvgIpc) is 2.22. The zero-order chi connectivity index (χ0) is 10.7. The first kappa shape index (κ1) is 11.1. The molecule has 2 unspecified atom stereocenters. The third-order valence-corrected chi connectivity index (χ3v) is 3.39. The van der Waals surface area contributed by atoms with Gasteiger partial charge in [0, 0.05) is 10.5 Å². The van der Waals surface area contributed by atoms with Crippen LogP contribution >= 0.6 is 15.9 Å². The maximum Gasteiger partial charge on any atom is 0.0696 e. The molecule has 0 saturated carbocycles. The summed E-state index contributed by atoms with van der Waals surface area (Å²) in [5.41, 5.74) is 1.27. The molecule has 2 N–H and O–H groups in total. The number of halogens is 1. The molecule has 1 aromatic carbocycles. The molecule has 0 spiro atoms. The van der Waals surface area contributed by atoms with Crippen LogP contribution in [0, 0.1) is 0 Å². The Balaban J connectivity index is 2.01. The lowest BCUT2D eigenvalue weighted by atomic mass is 9.95. The molecule has 0 amide bonds. The second-order valence-corrected chi connectivity index (χ2v) is 5.02. The Morgan fingerprint density at radius 3 is 3.07 bits per heavy atom. The summed E-state index contributed by atoms with van der Waals surface area (Å²) < 4.78 is 1.10. The van der Waals surface area contributed by atoms with Crippen molar-refractivity contribution >= 4 is 15.9 Å². The second kappa shape index (κ2) is 5.10. The Morgan fingerprint density at radius 2 is 2.33 bits per heavy atom. The lowest BCUT2D eigenvalue weighted by molar-refractivity contribution is 0.0964. The van der Waals surface area contributed by atoms with Crippen LogP contribution in [-0.2, 0) is 6.42 Å². The molecule has 1 heterocycles. The van der Waals surface area contributed by atoms with E-state index in [1.165, 1.54) is 5.56 Å². The van der Waals surface area contributed by atoms with Gasteiger partial charge < -0.3 is 10.4 Å². The fourth-order valence-corrected chi connectivity index (χ4v) is 2.51. The van der Waals surface area contributed by atoms with E-state index in [4.69, 9.17) is 0 Å². The van der Waals surface area contributed by atoms with E-state index in [9.17, 15) is 5.11 Å². The van der Waals surface area contributed by atoms with Gasteiger partial charge in [0.15, 0.2) is 0 Å². The van der Waals surface area contributed by atoms with Gasteiger partial charge >= 0.3 is 0 Å². The lowest BCUT2D eigenvalue weighted by Gasteiger charge is -2.29. The number of aliphatic hydroxyl groups excluding tert-OH is 1. The van der Waals surface area contributed by atoms with E-state index in [2.05, 4.69) is 33.4 Å². The quantitative estimate of drug-likeness (QED) is 0.862. The summed E-state index contributed by atoms with van der Waals surface area (Å²) in [4.78, 5) is 0. The molecule has 15 heavy (non-hydrogen) atoms. The van der Waals surface area contributed by atoms with E-state index in [0.29, 0.717) is 0 Å². The SMILES string of the molecule is OC1CCCNC1Cc1cccc(Br)c1. The van der Waals surface area contributed by atoms with E-state index in [1.54, 1.807) is 0 Å². The Labute approximate surface area is 98.8 Å². The van der Waals surface area contributed by atoms with Crippen molar-refractivity contribution in [3.63, 3.8) is 0 Å². The Bertz CT molecular complexity index is 329. The molecule has 0 bridgehead atoms. The maximum absolute atomic E-state index is 9.83. The molecule has 1 saturated heterocycles. The van der Waals surface area contributed by atoms with Crippen LogP contribution in [-0.4, -0.2) is 23.8 Å². The van der Waals surface area contributed by atoms with Gasteiger partial charge in [-0.2, -0.15) is 0 Å². The van der Waals surface area contributed by atoms with Gasteiger partial charge in [-0.25, -0.2) is 0 Å². The molecule has 1 aliphatic rings. The van der Waals surface area contributed by atoms with E-state index in [1.807, 2.05) is 12.1 Å². The van der Waals surface area contributed by atoms with Crippen molar-refractivity contribution in [2.45, 2.75) is 31.4 Å². The van der Waals surface area contributed by atoms with Crippen molar-refractivity contribution in [3.05, 3.63) is 34.3 Å². The van der Waals surface area contributed by atoms with Gasteiger partial charge in [0.05, 0.1) is 6.10 Å². The minimum Gasteiger partial charge on any atom is -0.391 e. The Morgan fingerprint density at radius 1 is 1.47 bits per heavy atom. The minimum absolute atomic E-state index is 0.197.